The van der Waals surface area contributed by atoms with E-state index in [2.05, 4.69) is 53.5 Å². The van der Waals surface area contributed by atoms with Crippen molar-refractivity contribution in [2.24, 2.45) is 0 Å². The van der Waals surface area contributed by atoms with Gasteiger partial charge in [0.25, 0.3) is 0 Å². The first-order chi connectivity index (χ1) is 6.62. The molecule has 0 fully saturated rings. The van der Waals surface area contributed by atoms with E-state index in [0.29, 0.717) is 0 Å². The Balaban J connectivity index is 3.30. The standard InChI is InChI=1S/C13H22N2/c1-9-8-14-11(13(5,6)7)15-10(9)12(2,3)4/h8H,1-7H3. The molecule has 0 saturated carbocycles. The third-order valence-corrected chi connectivity index (χ3v) is 2.35. The quantitative estimate of drug-likeness (QED) is 0.650. The minimum absolute atomic E-state index is 0.0215. The van der Waals surface area contributed by atoms with E-state index in [4.69, 9.17) is 4.98 Å². The number of aryl methyl sites for hydroxylation is 1. The van der Waals surface area contributed by atoms with E-state index < -0.39 is 0 Å². The summed E-state index contributed by atoms with van der Waals surface area (Å²) in [6.45, 7) is 15.1. The van der Waals surface area contributed by atoms with Gasteiger partial charge in [-0.05, 0) is 12.5 Å². The van der Waals surface area contributed by atoms with Crippen molar-refractivity contribution in [3.63, 3.8) is 0 Å². The minimum atomic E-state index is 0.0215. The second-order valence-electron chi connectivity index (χ2n) is 6.23. The van der Waals surface area contributed by atoms with E-state index in [9.17, 15) is 0 Å². The van der Waals surface area contributed by atoms with Gasteiger partial charge in [0.15, 0.2) is 0 Å². The maximum absolute atomic E-state index is 4.70. The zero-order chi connectivity index (χ0) is 11.9. The topological polar surface area (TPSA) is 25.8 Å². The molecule has 0 N–H and O–H groups in total. The Morgan fingerprint density at radius 3 is 1.87 bits per heavy atom. The summed E-state index contributed by atoms with van der Waals surface area (Å²) in [4.78, 5) is 9.12. The molecule has 0 saturated heterocycles. The molecule has 0 aliphatic heterocycles. The maximum atomic E-state index is 4.70. The molecule has 0 atom stereocenters. The van der Waals surface area contributed by atoms with Gasteiger partial charge in [-0.3, -0.25) is 0 Å². The highest BCUT2D eigenvalue weighted by Crippen LogP contribution is 2.26. The van der Waals surface area contributed by atoms with Gasteiger partial charge in [-0.15, -0.1) is 0 Å². The molecule has 1 aromatic heterocycles. The molecule has 0 unspecified atom stereocenters. The van der Waals surface area contributed by atoms with Crippen molar-refractivity contribution in [3.8, 4) is 0 Å². The average Bonchev–Trinajstić information content (AvgIpc) is 2.00. The van der Waals surface area contributed by atoms with Crippen LogP contribution in [-0.2, 0) is 10.8 Å². The number of nitrogens with zero attached hydrogens (tertiary/aromatic N) is 2. The lowest BCUT2D eigenvalue weighted by Gasteiger charge is -2.24. The van der Waals surface area contributed by atoms with Crippen LogP contribution >= 0.6 is 0 Å². The van der Waals surface area contributed by atoms with Crippen molar-refractivity contribution in [1.82, 2.24) is 9.97 Å². The van der Waals surface area contributed by atoms with E-state index in [1.54, 1.807) is 0 Å². The van der Waals surface area contributed by atoms with Crippen LogP contribution in [0.25, 0.3) is 0 Å². The molecular weight excluding hydrogens is 184 g/mol. The highest BCUT2D eigenvalue weighted by atomic mass is 14.9. The SMILES string of the molecule is Cc1cnc(C(C)(C)C)nc1C(C)(C)C. The van der Waals surface area contributed by atoms with Crippen LogP contribution in [0.5, 0.6) is 0 Å². The Hall–Kier alpha value is -0.920. The predicted molar refractivity (Wildman–Crippen MR) is 64.2 cm³/mol. The number of hydrogen-bond donors (Lipinski definition) is 0. The Kier molecular flexibility index (Phi) is 2.90. The lowest BCUT2D eigenvalue weighted by molar-refractivity contribution is 0.510. The molecule has 0 radical (unpaired) electrons. The monoisotopic (exact) mass is 206 g/mol. The van der Waals surface area contributed by atoms with Crippen LogP contribution in [0.1, 0.15) is 58.6 Å². The molecule has 1 heterocycles. The number of aromatic nitrogens is 2. The van der Waals surface area contributed by atoms with Gasteiger partial charge < -0.3 is 0 Å². The molecule has 0 amide bonds. The zero-order valence-electron chi connectivity index (χ0n) is 11.0. The van der Waals surface area contributed by atoms with Crippen molar-refractivity contribution in [2.75, 3.05) is 0 Å². The molecule has 0 aromatic carbocycles. The third kappa shape index (κ3) is 2.77. The van der Waals surface area contributed by atoms with Gasteiger partial charge in [-0.25, -0.2) is 9.97 Å². The Bertz CT molecular complexity index is 354. The van der Waals surface area contributed by atoms with Crippen molar-refractivity contribution >= 4 is 0 Å². The van der Waals surface area contributed by atoms with E-state index in [-0.39, 0.29) is 10.8 Å². The van der Waals surface area contributed by atoms with Gasteiger partial charge in [0.2, 0.25) is 0 Å². The van der Waals surface area contributed by atoms with E-state index in [0.717, 1.165) is 11.5 Å². The first-order valence-corrected chi connectivity index (χ1v) is 5.47. The summed E-state index contributed by atoms with van der Waals surface area (Å²) in [7, 11) is 0. The molecule has 2 nitrogen and oxygen atoms in total. The molecule has 2 heteroatoms. The molecule has 1 aromatic rings. The Morgan fingerprint density at radius 1 is 0.933 bits per heavy atom. The second-order valence-corrected chi connectivity index (χ2v) is 6.23. The fraction of sp³-hybridized carbons (Fsp3) is 0.692. The van der Waals surface area contributed by atoms with Crippen LogP contribution in [0.15, 0.2) is 6.20 Å². The summed E-state index contributed by atoms with van der Waals surface area (Å²) in [6, 6.07) is 0. The van der Waals surface area contributed by atoms with Crippen LogP contribution in [0.2, 0.25) is 0 Å². The van der Waals surface area contributed by atoms with E-state index >= 15 is 0 Å². The Labute approximate surface area is 93.2 Å². The lowest BCUT2D eigenvalue weighted by atomic mass is 9.88. The fourth-order valence-electron chi connectivity index (χ4n) is 1.56. The van der Waals surface area contributed by atoms with Crippen molar-refractivity contribution in [2.45, 2.75) is 59.3 Å². The molecule has 15 heavy (non-hydrogen) atoms. The zero-order valence-corrected chi connectivity index (χ0v) is 11.0. The van der Waals surface area contributed by atoms with Gasteiger partial charge in [-0.2, -0.15) is 0 Å². The van der Waals surface area contributed by atoms with Gasteiger partial charge in [0.1, 0.15) is 5.82 Å². The lowest BCUT2D eigenvalue weighted by Crippen LogP contribution is -2.22. The first kappa shape index (κ1) is 12.2. The van der Waals surface area contributed by atoms with Crippen LogP contribution in [0, 0.1) is 6.92 Å². The molecule has 1 rings (SSSR count). The van der Waals surface area contributed by atoms with Crippen LogP contribution in [-0.4, -0.2) is 9.97 Å². The Morgan fingerprint density at radius 2 is 1.47 bits per heavy atom. The summed E-state index contributed by atoms with van der Waals surface area (Å²) in [5.74, 6) is 0.929. The molecule has 0 spiro atoms. The van der Waals surface area contributed by atoms with E-state index in [1.165, 1.54) is 5.56 Å². The second kappa shape index (κ2) is 3.58. The molecule has 0 aliphatic rings. The molecule has 0 aliphatic carbocycles. The summed E-state index contributed by atoms with van der Waals surface area (Å²) in [6.07, 6.45) is 1.94. The molecular formula is C13H22N2. The fourth-order valence-corrected chi connectivity index (χ4v) is 1.56. The molecule has 0 bridgehead atoms. The normalized spacial score (nSPS) is 13.0. The highest BCUT2D eigenvalue weighted by molar-refractivity contribution is 5.24. The first-order valence-electron chi connectivity index (χ1n) is 5.47. The summed E-state index contributed by atoms with van der Waals surface area (Å²) >= 11 is 0. The van der Waals surface area contributed by atoms with Gasteiger partial charge in [0.05, 0.1) is 5.69 Å². The van der Waals surface area contributed by atoms with Gasteiger partial charge in [0, 0.05) is 17.0 Å². The summed E-state index contributed by atoms with van der Waals surface area (Å²) in [5, 5.41) is 0. The number of hydrogen-bond acceptors (Lipinski definition) is 2. The summed E-state index contributed by atoms with van der Waals surface area (Å²) < 4.78 is 0. The summed E-state index contributed by atoms with van der Waals surface area (Å²) in [5.41, 5.74) is 2.44. The number of rotatable bonds is 0. The largest absolute Gasteiger partial charge is 0.241 e. The third-order valence-electron chi connectivity index (χ3n) is 2.35. The smallest absolute Gasteiger partial charge is 0.133 e. The van der Waals surface area contributed by atoms with Gasteiger partial charge >= 0.3 is 0 Å². The van der Waals surface area contributed by atoms with Crippen LogP contribution in [0.4, 0.5) is 0 Å². The van der Waals surface area contributed by atoms with Crippen molar-refractivity contribution < 1.29 is 0 Å². The average molecular weight is 206 g/mol. The van der Waals surface area contributed by atoms with E-state index in [1.807, 2.05) is 6.20 Å². The van der Waals surface area contributed by atoms with Gasteiger partial charge in [-0.1, -0.05) is 41.5 Å². The predicted octanol–water partition coefficient (Wildman–Crippen LogP) is 3.38. The minimum Gasteiger partial charge on any atom is -0.241 e. The van der Waals surface area contributed by atoms with Crippen molar-refractivity contribution in [1.29, 1.82) is 0 Å². The molecule has 84 valence electrons. The van der Waals surface area contributed by atoms with Crippen LogP contribution < -0.4 is 0 Å². The maximum Gasteiger partial charge on any atom is 0.133 e. The van der Waals surface area contributed by atoms with Crippen molar-refractivity contribution in [3.05, 3.63) is 23.3 Å². The highest BCUT2D eigenvalue weighted by Gasteiger charge is 2.23. The van der Waals surface area contributed by atoms with Crippen LogP contribution in [0.3, 0.4) is 0 Å².